The molecule has 3 atom stereocenters. The van der Waals surface area contributed by atoms with E-state index in [1.807, 2.05) is 26.8 Å². The van der Waals surface area contributed by atoms with Gasteiger partial charge in [-0.05, 0) is 74.3 Å². The van der Waals surface area contributed by atoms with Gasteiger partial charge in [0.2, 0.25) is 5.91 Å². The zero-order valence-electron chi connectivity index (χ0n) is 14.6. The van der Waals surface area contributed by atoms with Gasteiger partial charge in [-0.1, -0.05) is 0 Å². The van der Waals surface area contributed by atoms with Gasteiger partial charge in [-0.15, -0.1) is 0 Å². The molecule has 0 radical (unpaired) electrons. The molecule has 2 aliphatic heterocycles. The average Bonchev–Trinajstić information content (AvgIpc) is 3.21. The lowest BCUT2D eigenvalue weighted by Gasteiger charge is -2.23. The molecular formula is C19H25N3O2. The van der Waals surface area contributed by atoms with Gasteiger partial charge in [0, 0.05) is 13.1 Å². The highest BCUT2D eigenvalue weighted by Crippen LogP contribution is 2.36. The molecule has 2 aliphatic rings. The van der Waals surface area contributed by atoms with E-state index in [1.54, 1.807) is 4.90 Å². The van der Waals surface area contributed by atoms with Crippen LogP contribution in [-0.2, 0) is 4.79 Å². The molecule has 0 aromatic heterocycles. The van der Waals surface area contributed by atoms with E-state index in [0.29, 0.717) is 12.3 Å². The van der Waals surface area contributed by atoms with Crippen molar-refractivity contribution in [2.75, 3.05) is 13.1 Å². The summed E-state index contributed by atoms with van der Waals surface area (Å²) in [6, 6.07) is 3.58. The van der Waals surface area contributed by atoms with Crippen LogP contribution in [0, 0.1) is 32.1 Å². The number of benzene rings is 1. The highest BCUT2D eigenvalue weighted by Gasteiger charge is 2.38. The lowest BCUT2D eigenvalue weighted by atomic mass is 9.86. The SMILES string of the molecule is Cc1cc(O)c(C)c(C)c1[C@@H]1CN[C@H](C(=O)N2CCC[C@H]2C#N)C1. The molecule has 1 aromatic carbocycles. The maximum absolute atomic E-state index is 12.8. The van der Waals surface area contributed by atoms with Crippen LogP contribution >= 0.6 is 0 Å². The Kier molecular flexibility index (Phi) is 4.51. The number of aryl methyl sites for hydroxylation is 1. The number of hydrogen-bond acceptors (Lipinski definition) is 4. The Morgan fingerprint density at radius 3 is 2.83 bits per heavy atom. The second-order valence-electron chi connectivity index (χ2n) is 7.09. The largest absolute Gasteiger partial charge is 0.508 e. The van der Waals surface area contributed by atoms with E-state index in [2.05, 4.69) is 11.4 Å². The van der Waals surface area contributed by atoms with Crippen molar-refractivity contribution < 1.29 is 9.90 Å². The number of nitriles is 1. The lowest BCUT2D eigenvalue weighted by molar-refractivity contribution is -0.133. The predicted molar refractivity (Wildman–Crippen MR) is 91.8 cm³/mol. The number of carbonyl (C=O) groups excluding carboxylic acids is 1. The van der Waals surface area contributed by atoms with Crippen LogP contribution in [0.3, 0.4) is 0 Å². The van der Waals surface area contributed by atoms with E-state index in [4.69, 9.17) is 0 Å². The maximum atomic E-state index is 12.8. The van der Waals surface area contributed by atoms with Crippen molar-refractivity contribution in [3.8, 4) is 11.8 Å². The number of nitrogens with zero attached hydrogens (tertiary/aromatic N) is 2. The third kappa shape index (κ3) is 2.76. The third-order valence-corrected chi connectivity index (χ3v) is 5.65. The second-order valence-corrected chi connectivity index (χ2v) is 7.09. The predicted octanol–water partition coefficient (Wildman–Crippen LogP) is 2.28. The zero-order valence-corrected chi connectivity index (χ0v) is 14.6. The standard InChI is InChI=1S/C19H25N3O2/c1-11-7-17(23)12(2)13(3)18(11)14-8-16(21-10-14)19(24)22-6-4-5-15(22)9-20/h7,14-16,21,23H,4-6,8,10H2,1-3H3/t14-,15-,16-/m0/s1. The monoisotopic (exact) mass is 327 g/mol. The molecule has 2 N–H and O–H groups in total. The number of likely N-dealkylation sites (tertiary alicyclic amines) is 1. The molecule has 0 bridgehead atoms. The van der Waals surface area contributed by atoms with Gasteiger partial charge in [-0.2, -0.15) is 5.26 Å². The Balaban J connectivity index is 1.78. The summed E-state index contributed by atoms with van der Waals surface area (Å²) in [5.74, 6) is 0.662. The fourth-order valence-corrected chi connectivity index (χ4v) is 4.22. The topological polar surface area (TPSA) is 76.4 Å². The number of phenolic OH excluding ortho intramolecular Hbond substituents is 1. The smallest absolute Gasteiger partial charge is 0.240 e. The number of hydrogen-bond donors (Lipinski definition) is 2. The summed E-state index contributed by atoms with van der Waals surface area (Å²) in [4.78, 5) is 14.5. The normalized spacial score (nSPS) is 26.6. The van der Waals surface area contributed by atoms with Gasteiger partial charge >= 0.3 is 0 Å². The molecule has 5 nitrogen and oxygen atoms in total. The Morgan fingerprint density at radius 1 is 1.38 bits per heavy atom. The van der Waals surface area contributed by atoms with Crippen LogP contribution in [0.15, 0.2) is 6.07 Å². The number of aromatic hydroxyl groups is 1. The summed E-state index contributed by atoms with van der Waals surface area (Å²) in [7, 11) is 0. The van der Waals surface area contributed by atoms with E-state index >= 15 is 0 Å². The van der Waals surface area contributed by atoms with E-state index in [1.165, 1.54) is 5.56 Å². The third-order valence-electron chi connectivity index (χ3n) is 5.65. The first-order valence-corrected chi connectivity index (χ1v) is 8.67. The fourth-order valence-electron chi connectivity index (χ4n) is 4.22. The van der Waals surface area contributed by atoms with Gasteiger partial charge in [-0.25, -0.2) is 0 Å². The van der Waals surface area contributed by atoms with Crippen LogP contribution in [0.25, 0.3) is 0 Å². The van der Waals surface area contributed by atoms with Crippen molar-refractivity contribution in [3.05, 3.63) is 28.3 Å². The van der Waals surface area contributed by atoms with Crippen molar-refractivity contribution in [1.82, 2.24) is 10.2 Å². The van der Waals surface area contributed by atoms with E-state index in [-0.39, 0.29) is 23.9 Å². The Bertz CT molecular complexity index is 708. The highest BCUT2D eigenvalue weighted by molar-refractivity contribution is 5.83. The van der Waals surface area contributed by atoms with Crippen LogP contribution in [0.5, 0.6) is 5.75 Å². The molecule has 0 spiro atoms. The van der Waals surface area contributed by atoms with Gasteiger partial charge in [0.25, 0.3) is 0 Å². The van der Waals surface area contributed by atoms with Gasteiger partial charge in [0.05, 0.1) is 12.1 Å². The van der Waals surface area contributed by atoms with E-state index < -0.39 is 0 Å². The van der Waals surface area contributed by atoms with Gasteiger partial charge in [0.1, 0.15) is 11.8 Å². The molecule has 2 heterocycles. The Hall–Kier alpha value is -2.06. The molecule has 1 amide bonds. The first-order valence-electron chi connectivity index (χ1n) is 8.67. The summed E-state index contributed by atoms with van der Waals surface area (Å²) in [5, 5.41) is 22.5. The van der Waals surface area contributed by atoms with E-state index in [0.717, 1.165) is 42.5 Å². The van der Waals surface area contributed by atoms with Gasteiger partial charge in [0.15, 0.2) is 0 Å². The quantitative estimate of drug-likeness (QED) is 0.874. The van der Waals surface area contributed by atoms with Crippen LogP contribution in [0.4, 0.5) is 0 Å². The molecule has 128 valence electrons. The van der Waals surface area contributed by atoms with Crippen molar-refractivity contribution >= 4 is 5.91 Å². The molecule has 24 heavy (non-hydrogen) atoms. The molecule has 2 fully saturated rings. The molecule has 5 heteroatoms. The lowest BCUT2D eigenvalue weighted by Crippen LogP contribution is -2.45. The summed E-state index contributed by atoms with van der Waals surface area (Å²) in [6.45, 7) is 7.44. The van der Waals surface area contributed by atoms with Crippen molar-refractivity contribution in [2.24, 2.45) is 0 Å². The molecule has 3 rings (SSSR count). The van der Waals surface area contributed by atoms with Crippen LogP contribution in [0.1, 0.15) is 47.4 Å². The minimum absolute atomic E-state index is 0.0624. The van der Waals surface area contributed by atoms with Crippen molar-refractivity contribution in [3.63, 3.8) is 0 Å². The second kappa shape index (κ2) is 6.45. The van der Waals surface area contributed by atoms with Crippen molar-refractivity contribution in [2.45, 2.75) is 58.0 Å². The summed E-state index contributed by atoms with van der Waals surface area (Å²) < 4.78 is 0. The van der Waals surface area contributed by atoms with Crippen LogP contribution < -0.4 is 5.32 Å². The number of amides is 1. The Morgan fingerprint density at radius 2 is 2.12 bits per heavy atom. The highest BCUT2D eigenvalue weighted by atomic mass is 16.3. The fraction of sp³-hybridized carbons (Fsp3) is 0.579. The summed E-state index contributed by atoms with van der Waals surface area (Å²) in [5.41, 5.74) is 4.34. The molecule has 0 saturated carbocycles. The summed E-state index contributed by atoms with van der Waals surface area (Å²) >= 11 is 0. The number of nitrogens with one attached hydrogen (secondary N) is 1. The van der Waals surface area contributed by atoms with Gasteiger partial charge < -0.3 is 15.3 Å². The molecule has 1 aromatic rings. The van der Waals surface area contributed by atoms with Crippen LogP contribution in [0.2, 0.25) is 0 Å². The zero-order chi connectivity index (χ0) is 17.4. The minimum atomic E-state index is -0.266. The molecule has 0 aliphatic carbocycles. The Labute approximate surface area is 143 Å². The average molecular weight is 327 g/mol. The van der Waals surface area contributed by atoms with E-state index in [9.17, 15) is 15.2 Å². The van der Waals surface area contributed by atoms with Gasteiger partial charge in [-0.3, -0.25) is 4.79 Å². The summed E-state index contributed by atoms with van der Waals surface area (Å²) in [6.07, 6.45) is 2.45. The number of rotatable bonds is 2. The molecular weight excluding hydrogens is 302 g/mol. The van der Waals surface area contributed by atoms with Crippen LogP contribution in [-0.4, -0.2) is 41.1 Å². The number of phenols is 1. The van der Waals surface area contributed by atoms with Crippen molar-refractivity contribution in [1.29, 1.82) is 5.26 Å². The molecule has 2 saturated heterocycles. The first-order chi connectivity index (χ1) is 11.4. The minimum Gasteiger partial charge on any atom is -0.508 e. The number of carbonyl (C=O) groups is 1. The first kappa shape index (κ1) is 16.8. The molecule has 0 unspecified atom stereocenters. The maximum Gasteiger partial charge on any atom is 0.240 e.